The van der Waals surface area contributed by atoms with Crippen molar-refractivity contribution in [2.24, 2.45) is 5.41 Å². The van der Waals surface area contributed by atoms with Crippen LogP contribution in [0.15, 0.2) is 24.5 Å². The summed E-state index contributed by atoms with van der Waals surface area (Å²) in [5.74, 6) is -0.290. The third kappa shape index (κ3) is 3.56. The molecule has 0 atom stereocenters. The quantitative estimate of drug-likeness (QED) is 0.676. The van der Waals surface area contributed by atoms with Crippen LogP contribution in [-0.2, 0) is 4.74 Å². The van der Waals surface area contributed by atoms with Gasteiger partial charge in [-0.3, -0.25) is 4.98 Å². The number of aromatic nitrogens is 1. The minimum Gasteiger partial charge on any atom is -0.462 e. The van der Waals surface area contributed by atoms with Crippen LogP contribution in [-0.4, -0.2) is 17.6 Å². The third-order valence-corrected chi connectivity index (χ3v) is 1.55. The summed E-state index contributed by atoms with van der Waals surface area (Å²) < 4.78 is 5.13. The first-order valence-corrected chi connectivity index (χ1v) is 4.56. The summed E-state index contributed by atoms with van der Waals surface area (Å²) in [5.41, 5.74) is 0.548. The number of rotatable bonds is 2. The van der Waals surface area contributed by atoms with E-state index in [2.05, 4.69) is 4.98 Å². The Labute approximate surface area is 84.1 Å². The molecule has 1 heterocycles. The lowest BCUT2D eigenvalue weighted by Crippen LogP contribution is -2.18. The molecule has 0 aromatic carbocycles. The van der Waals surface area contributed by atoms with E-state index in [9.17, 15) is 4.79 Å². The Morgan fingerprint density at radius 2 is 1.93 bits per heavy atom. The lowest BCUT2D eigenvalue weighted by atomic mass is 9.99. The molecule has 0 fully saturated rings. The van der Waals surface area contributed by atoms with E-state index in [0.717, 1.165) is 0 Å². The van der Waals surface area contributed by atoms with E-state index in [4.69, 9.17) is 4.74 Å². The Morgan fingerprint density at radius 1 is 1.36 bits per heavy atom. The molecular weight excluding hydrogens is 178 g/mol. The summed E-state index contributed by atoms with van der Waals surface area (Å²) in [5, 5.41) is 0. The molecule has 0 amide bonds. The normalized spacial score (nSPS) is 11.1. The topological polar surface area (TPSA) is 39.2 Å². The zero-order valence-corrected chi connectivity index (χ0v) is 8.78. The molecule has 0 saturated carbocycles. The van der Waals surface area contributed by atoms with Gasteiger partial charge in [0.2, 0.25) is 0 Å². The van der Waals surface area contributed by atoms with Gasteiger partial charge in [-0.05, 0) is 17.5 Å². The van der Waals surface area contributed by atoms with Gasteiger partial charge in [-0.1, -0.05) is 20.8 Å². The highest BCUT2D eigenvalue weighted by molar-refractivity contribution is 5.89. The van der Waals surface area contributed by atoms with Crippen molar-refractivity contribution in [3.05, 3.63) is 30.1 Å². The predicted molar refractivity (Wildman–Crippen MR) is 54.0 cm³/mol. The van der Waals surface area contributed by atoms with E-state index in [1.807, 2.05) is 20.8 Å². The maximum absolute atomic E-state index is 11.4. The van der Waals surface area contributed by atoms with Crippen molar-refractivity contribution >= 4 is 5.97 Å². The Morgan fingerprint density at radius 3 is 2.43 bits per heavy atom. The van der Waals surface area contributed by atoms with E-state index < -0.39 is 0 Å². The van der Waals surface area contributed by atoms with Crippen LogP contribution in [0, 0.1) is 5.41 Å². The molecule has 3 heteroatoms. The van der Waals surface area contributed by atoms with Crippen molar-refractivity contribution in [1.29, 1.82) is 0 Å². The van der Waals surface area contributed by atoms with Crippen LogP contribution in [0.25, 0.3) is 0 Å². The van der Waals surface area contributed by atoms with Crippen molar-refractivity contribution in [2.75, 3.05) is 6.61 Å². The number of esters is 1. The standard InChI is InChI=1S/C11H15NO2/c1-11(2,3)8-14-10(13)9-4-6-12-7-5-9/h4-7H,8H2,1-3H3. The lowest BCUT2D eigenvalue weighted by Gasteiger charge is -2.17. The minimum absolute atomic E-state index is 0.00267. The number of pyridine rings is 1. The number of carbonyl (C=O) groups is 1. The molecule has 0 aliphatic carbocycles. The fraction of sp³-hybridized carbons (Fsp3) is 0.455. The summed E-state index contributed by atoms with van der Waals surface area (Å²) in [6.07, 6.45) is 3.15. The van der Waals surface area contributed by atoms with Crippen LogP contribution >= 0.6 is 0 Å². The second-order valence-corrected chi connectivity index (χ2v) is 4.37. The summed E-state index contributed by atoms with van der Waals surface area (Å²) in [6.45, 7) is 6.49. The smallest absolute Gasteiger partial charge is 0.338 e. The van der Waals surface area contributed by atoms with E-state index in [1.54, 1.807) is 24.5 Å². The number of carbonyl (C=O) groups excluding carboxylic acids is 1. The van der Waals surface area contributed by atoms with Gasteiger partial charge in [0.1, 0.15) is 0 Å². The highest BCUT2D eigenvalue weighted by Crippen LogP contribution is 2.14. The van der Waals surface area contributed by atoms with Crippen LogP contribution in [0.5, 0.6) is 0 Å². The van der Waals surface area contributed by atoms with Gasteiger partial charge < -0.3 is 4.74 Å². The van der Waals surface area contributed by atoms with E-state index >= 15 is 0 Å². The van der Waals surface area contributed by atoms with Gasteiger partial charge in [0, 0.05) is 12.4 Å². The summed E-state index contributed by atoms with van der Waals surface area (Å²) in [6, 6.07) is 3.29. The molecule has 0 aliphatic rings. The zero-order chi connectivity index (χ0) is 10.6. The van der Waals surface area contributed by atoms with Crippen molar-refractivity contribution in [1.82, 2.24) is 4.98 Å². The molecule has 0 bridgehead atoms. The molecule has 14 heavy (non-hydrogen) atoms. The number of hydrogen-bond acceptors (Lipinski definition) is 3. The average Bonchev–Trinajstić information content (AvgIpc) is 2.14. The molecule has 0 aliphatic heterocycles. The van der Waals surface area contributed by atoms with Crippen molar-refractivity contribution in [2.45, 2.75) is 20.8 Å². The van der Waals surface area contributed by atoms with Gasteiger partial charge >= 0.3 is 5.97 Å². The van der Waals surface area contributed by atoms with Gasteiger partial charge in [0.25, 0.3) is 0 Å². The maximum atomic E-state index is 11.4. The molecule has 3 nitrogen and oxygen atoms in total. The number of ether oxygens (including phenoxy) is 1. The molecule has 0 N–H and O–H groups in total. The molecule has 0 unspecified atom stereocenters. The molecule has 76 valence electrons. The van der Waals surface area contributed by atoms with Crippen LogP contribution in [0.4, 0.5) is 0 Å². The highest BCUT2D eigenvalue weighted by atomic mass is 16.5. The van der Waals surface area contributed by atoms with Crippen molar-refractivity contribution in [3.8, 4) is 0 Å². The summed E-state index contributed by atoms with van der Waals surface area (Å²) in [4.78, 5) is 15.3. The molecule has 0 radical (unpaired) electrons. The van der Waals surface area contributed by atoms with Crippen molar-refractivity contribution in [3.63, 3.8) is 0 Å². The van der Waals surface area contributed by atoms with Crippen LogP contribution in [0.1, 0.15) is 31.1 Å². The fourth-order valence-corrected chi connectivity index (χ4v) is 0.853. The van der Waals surface area contributed by atoms with Gasteiger partial charge in [-0.2, -0.15) is 0 Å². The Hall–Kier alpha value is -1.38. The van der Waals surface area contributed by atoms with Crippen LogP contribution in [0.3, 0.4) is 0 Å². The zero-order valence-electron chi connectivity index (χ0n) is 8.78. The van der Waals surface area contributed by atoms with Gasteiger partial charge in [-0.15, -0.1) is 0 Å². The largest absolute Gasteiger partial charge is 0.462 e. The van der Waals surface area contributed by atoms with E-state index in [0.29, 0.717) is 12.2 Å². The Kier molecular flexibility index (Phi) is 3.23. The maximum Gasteiger partial charge on any atom is 0.338 e. The summed E-state index contributed by atoms with van der Waals surface area (Å²) in [7, 11) is 0. The number of nitrogens with zero attached hydrogens (tertiary/aromatic N) is 1. The second kappa shape index (κ2) is 4.22. The second-order valence-electron chi connectivity index (χ2n) is 4.37. The van der Waals surface area contributed by atoms with Crippen molar-refractivity contribution < 1.29 is 9.53 Å². The molecule has 0 spiro atoms. The van der Waals surface area contributed by atoms with Crippen LogP contribution < -0.4 is 0 Å². The number of hydrogen-bond donors (Lipinski definition) is 0. The first-order valence-electron chi connectivity index (χ1n) is 4.56. The van der Waals surface area contributed by atoms with Gasteiger partial charge in [-0.25, -0.2) is 4.79 Å². The van der Waals surface area contributed by atoms with Gasteiger partial charge in [0.15, 0.2) is 0 Å². The van der Waals surface area contributed by atoms with Gasteiger partial charge in [0.05, 0.1) is 12.2 Å². The molecule has 1 aromatic heterocycles. The fourth-order valence-electron chi connectivity index (χ4n) is 0.853. The molecule has 1 rings (SSSR count). The Bertz CT molecular complexity index is 301. The molecule has 1 aromatic rings. The monoisotopic (exact) mass is 193 g/mol. The predicted octanol–water partition coefficient (Wildman–Crippen LogP) is 2.28. The SMILES string of the molecule is CC(C)(C)COC(=O)c1ccncc1. The highest BCUT2D eigenvalue weighted by Gasteiger charge is 2.14. The minimum atomic E-state index is -0.290. The van der Waals surface area contributed by atoms with E-state index in [-0.39, 0.29) is 11.4 Å². The van der Waals surface area contributed by atoms with Crippen LogP contribution in [0.2, 0.25) is 0 Å². The van der Waals surface area contributed by atoms with E-state index in [1.165, 1.54) is 0 Å². The third-order valence-electron chi connectivity index (χ3n) is 1.55. The first kappa shape index (κ1) is 10.7. The first-order chi connectivity index (χ1) is 6.49. The Balaban J connectivity index is 2.52. The summed E-state index contributed by atoms with van der Waals surface area (Å²) >= 11 is 0. The lowest BCUT2D eigenvalue weighted by molar-refractivity contribution is 0.0367. The molecular formula is C11H15NO2. The molecule has 0 saturated heterocycles. The average molecular weight is 193 g/mol.